The van der Waals surface area contributed by atoms with Crippen LogP contribution in [0.3, 0.4) is 0 Å². The summed E-state index contributed by atoms with van der Waals surface area (Å²) < 4.78 is 28.2. The number of nitrogens with two attached hydrogens (primary N) is 1. The lowest BCUT2D eigenvalue weighted by Crippen LogP contribution is -2.47. The predicted octanol–water partition coefficient (Wildman–Crippen LogP) is -0.761. The number of primary amides is 1. The molecule has 2 heterocycles. The summed E-state index contributed by atoms with van der Waals surface area (Å²) in [6.45, 7) is -0.295. The average molecular weight is 401 g/mol. The monoisotopic (exact) mass is 401 g/mol. The highest BCUT2D eigenvalue weighted by atomic mass is 31.2. The maximum Gasteiger partial charge on any atom is 0.469 e. The van der Waals surface area contributed by atoms with Crippen molar-refractivity contribution >= 4 is 13.7 Å². The average Bonchev–Trinajstić information content (AvgIpc) is 2.92. The molecule has 4 atom stereocenters. The summed E-state index contributed by atoms with van der Waals surface area (Å²) in [5.74, 6) is 1.83. The quantitative estimate of drug-likeness (QED) is 0.182. The Kier molecular flexibility index (Phi) is 7.47. The Bertz CT molecular complexity index is 746. The molecule has 1 saturated heterocycles. The fourth-order valence-corrected chi connectivity index (χ4v) is 2.98. The van der Waals surface area contributed by atoms with Gasteiger partial charge < -0.3 is 30.1 Å². The van der Waals surface area contributed by atoms with Gasteiger partial charge in [0.25, 0.3) is 12.1 Å². The van der Waals surface area contributed by atoms with Crippen LogP contribution < -0.4 is 10.3 Å². The van der Waals surface area contributed by atoms with E-state index >= 15 is 0 Å². The Morgan fingerprint density at radius 2 is 2.22 bits per heavy atom. The Hall–Kier alpha value is -1.83. The van der Waals surface area contributed by atoms with Crippen molar-refractivity contribution in [3.05, 3.63) is 30.1 Å². The van der Waals surface area contributed by atoms with Crippen molar-refractivity contribution in [3.63, 3.8) is 0 Å². The SMILES string of the molecule is C#CCCCO[C@H]1C([n+]2cccc(C(N)=O)c2)O[C@H](COP(=O)(O)O)[C@H]1O. The zero-order valence-corrected chi connectivity index (χ0v) is 15.3. The van der Waals surface area contributed by atoms with E-state index in [1.165, 1.54) is 16.8 Å². The summed E-state index contributed by atoms with van der Waals surface area (Å²) in [6.07, 6.45) is 5.26. The molecule has 0 saturated carbocycles. The van der Waals surface area contributed by atoms with Gasteiger partial charge in [-0.1, -0.05) is 0 Å². The number of hydrogen-bond donors (Lipinski definition) is 4. The number of nitrogens with zero attached hydrogens (tertiary/aromatic N) is 1. The van der Waals surface area contributed by atoms with Crippen LogP contribution in [0, 0.1) is 12.3 Å². The van der Waals surface area contributed by atoms with Crippen molar-refractivity contribution in [1.29, 1.82) is 0 Å². The summed E-state index contributed by atoms with van der Waals surface area (Å²) >= 11 is 0. The number of phosphoric acid groups is 1. The first kappa shape index (κ1) is 21.5. The molecule has 1 aromatic heterocycles. The molecule has 1 unspecified atom stereocenters. The molecule has 0 aromatic carbocycles. The number of carbonyl (C=O) groups is 1. The van der Waals surface area contributed by atoms with Crippen molar-refractivity contribution < 1.29 is 42.8 Å². The normalized spacial score (nSPS) is 25.3. The van der Waals surface area contributed by atoms with Crippen LogP contribution in [0.1, 0.15) is 29.4 Å². The van der Waals surface area contributed by atoms with E-state index in [1.807, 2.05) is 0 Å². The van der Waals surface area contributed by atoms with Crippen LogP contribution >= 0.6 is 7.82 Å². The fraction of sp³-hybridized carbons (Fsp3) is 0.500. The van der Waals surface area contributed by atoms with Crippen molar-refractivity contribution in [2.45, 2.75) is 37.4 Å². The Morgan fingerprint density at radius 1 is 1.48 bits per heavy atom. The number of pyridine rings is 1. The predicted molar refractivity (Wildman–Crippen MR) is 90.9 cm³/mol. The van der Waals surface area contributed by atoms with Crippen LogP contribution in [-0.2, 0) is 18.6 Å². The van der Waals surface area contributed by atoms with E-state index < -0.39 is 44.9 Å². The van der Waals surface area contributed by atoms with Gasteiger partial charge in [0.05, 0.1) is 6.61 Å². The number of aliphatic hydroxyl groups is 1. The highest BCUT2D eigenvalue weighted by Crippen LogP contribution is 2.38. The van der Waals surface area contributed by atoms with E-state index in [-0.39, 0.29) is 12.2 Å². The van der Waals surface area contributed by atoms with Gasteiger partial charge in [-0.15, -0.1) is 12.3 Å². The summed E-state index contributed by atoms with van der Waals surface area (Å²) in [4.78, 5) is 29.1. The molecule has 1 aliphatic rings. The third-order valence-corrected chi connectivity index (χ3v) is 4.38. The van der Waals surface area contributed by atoms with E-state index in [0.717, 1.165) is 0 Å². The third kappa shape index (κ3) is 6.09. The zero-order chi connectivity index (χ0) is 20.0. The number of rotatable bonds is 9. The Morgan fingerprint density at radius 3 is 2.85 bits per heavy atom. The number of unbranched alkanes of at least 4 members (excludes halogenated alkanes) is 1. The molecule has 11 heteroatoms. The zero-order valence-electron chi connectivity index (χ0n) is 14.4. The topological polar surface area (TPSA) is 152 Å². The van der Waals surface area contributed by atoms with E-state index in [4.69, 9.17) is 31.4 Å². The highest BCUT2D eigenvalue weighted by molar-refractivity contribution is 7.46. The van der Waals surface area contributed by atoms with Gasteiger partial charge >= 0.3 is 7.82 Å². The van der Waals surface area contributed by atoms with Gasteiger partial charge in [-0.2, -0.15) is 4.57 Å². The first-order valence-electron chi connectivity index (χ1n) is 8.12. The standard InChI is InChI=1S/C16H21N2O8P/c1-2-3-4-8-24-14-13(19)12(10-25-27(21,22)23)26-16(14)18-7-5-6-11(9-18)15(17)20/h1,5-7,9,12-14,16,19H,3-4,8,10H2,(H3-,17,20,21,22,23)/p+1/t12-,13-,14-,16?/m1/s1. The fourth-order valence-electron chi connectivity index (χ4n) is 2.64. The molecule has 1 aliphatic heterocycles. The van der Waals surface area contributed by atoms with E-state index in [9.17, 15) is 14.5 Å². The lowest BCUT2D eigenvalue weighted by molar-refractivity contribution is -0.766. The molecule has 27 heavy (non-hydrogen) atoms. The van der Waals surface area contributed by atoms with Gasteiger partial charge in [0, 0.05) is 19.1 Å². The second-order valence-electron chi connectivity index (χ2n) is 5.89. The lowest BCUT2D eigenvalue weighted by Gasteiger charge is -2.18. The maximum atomic E-state index is 11.4. The van der Waals surface area contributed by atoms with Gasteiger partial charge in [0.2, 0.25) is 0 Å². The Labute approximate surface area is 156 Å². The summed E-state index contributed by atoms with van der Waals surface area (Å²) in [5, 5.41) is 10.5. The number of aliphatic hydroxyl groups excluding tert-OH is 1. The second kappa shape index (κ2) is 9.39. The second-order valence-corrected chi connectivity index (χ2v) is 7.13. The molecule has 1 amide bonds. The minimum atomic E-state index is -4.73. The third-order valence-electron chi connectivity index (χ3n) is 3.90. The number of aromatic nitrogens is 1. The molecule has 0 bridgehead atoms. The lowest BCUT2D eigenvalue weighted by atomic mass is 10.1. The molecule has 2 rings (SSSR count). The number of amides is 1. The van der Waals surface area contributed by atoms with Gasteiger partial charge in [0.1, 0.15) is 17.8 Å². The van der Waals surface area contributed by atoms with E-state index in [0.29, 0.717) is 12.8 Å². The van der Waals surface area contributed by atoms with Gasteiger partial charge in [0.15, 0.2) is 18.5 Å². The van der Waals surface area contributed by atoms with Crippen LogP contribution in [0.5, 0.6) is 0 Å². The number of ether oxygens (including phenoxy) is 2. The first-order chi connectivity index (χ1) is 12.7. The van der Waals surface area contributed by atoms with Gasteiger partial charge in [-0.3, -0.25) is 9.32 Å². The van der Waals surface area contributed by atoms with Crippen molar-refractivity contribution in [2.75, 3.05) is 13.2 Å². The minimum Gasteiger partial charge on any atom is -0.387 e. The van der Waals surface area contributed by atoms with E-state index in [2.05, 4.69) is 10.4 Å². The van der Waals surface area contributed by atoms with Crippen molar-refractivity contribution in [2.24, 2.45) is 5.73 Å². The number of phosphoric ester groups is 1. The van der Waals surface area contributed by atoms with Crippen LogP contribution in [0.25, 0.3) is 0 Å². The van der Waals surface area contributed by atoms with Crippen LogP contribution in [-0.4, -0.2) is 52.3 Å². The largest absolute Gasteiger partial charge is 0.469 e. The van der Waals surface area contributed by atoms with Gasteiger partial charge in [-0.05, 0) is 12.5 Å². The van der Waals surface area contributed by atoms with Crippen molar-refractivity contribution in [3.8, 4) is 12.3 Å². The van der Waals surface area contributed by atoms with Gasteiger partial charge in [-0.25, -0.2) is 4.57 Å². The molecule has 148 valence electrons. The highest BCUT2D eigenvalue weighted by Gasteiger charge is 2.50. The maximum absolute atomic E-state index is 11.4. The molecule has 5 N–H and O–H groups in total. The molecule has 0 aliphatic carbocycles. The Balaban J connectivity index is 2.19. The van der Waals surface area contributed by atoms with E-state index in [1.54, 1.807) is 12.3 Å². The molecule has 1 aromatic rings. The van der Waals surface area contributed by atoms with Crippen LogP contribution in [0.15, 0.2) is 24.5 Å². The molecule has 10 nitrogen and oxygen atoms in total. The minimum absolute atomic E-state index is 0.219. The number of carbonyl (C=O) groups excluding carboxylic acids is 1. The van der Waals surface area contributed by atoms with Crippen LogP contribution in [0.2, 0.25) is 0 Å². The summed E-state index contributed by atoms with van der Waals surface area (Å²) in [5.41, 5.74) is 5.50. The van der Waals surface area contributed by atoms with Crippen molar-refractivity contribution in [1.82, 2.24) is 0 Å². The summed E-state index contributed by atoms with van der Waals surface area (Å²) in [7, 11) is -4.73. The molecule has 0 spiro atoms. The summed E-state index contributed by atoms with van der Waals surface area (Å²) in [6, 6.07) is 3.09. The molecule has 0 radical (unpaired) electrons. The molecule has 1 fully saturated rings. The molecular weight excluding hydrogens is 379 g/mol. The smallest absolute Gasteiger partial charge is 0.387 e. The number of hydrogen-bond acceptors (Lipinski definition) is 6. The van der Waals surface area contributed by atoms with Crippen LogP contribution in [0.4, 0.5) is 0 Å². The molecular formula is C16H22N2O8P+. The number of terminal acetylenes is 1. The first-order valence-corrected chi connectivity index (χ1v) is 9.65.